The first-order chi connectivity index (χ1) is 8.49. The van der Waals surface area contributed by atoms with Crippen molar-refractivity contribution in [3.63, 3.8) is 0 Å². The van der Waals surface area contributed by atoms with Gasteiger partial charge in [-0.1, -0.05) is 26.7 Å². The highest BCUT2D eigenvalue weighted by Crippen LogP contribution is 2.21. The van der Waals surface area contributed by atoms with E-state index < -0.39 is 5.97 Å². The van der Waals surface area contributed by atoms with Gasteiger partial charge in [0.15, 0.2) is 0 Å². The van der Waals surface area contributed by atoms with E-state index in [-0.39, 0.29) is 5.56 Å². The van der Waals surface area contributed by atoms with Crippen LogP contribution in [0.5, 0.6) is 0 Å². The Kier molecular flexibility index (Phi) is 5.01. The molecule has 0 aliphatic carbocycles. The predicted molar refractivity (Wildman–Crippen MR) is 75.0 cm³/mol. The van der Waals surface area contributed by atoms with Gasteiger partial charge in [-0.3, -0.25) is 0 Å². The van der Waals surface area contributed by atoms with Gasteiger partial charge < -0.3 is 16.2 Å². The zero-order chi connectivity index (χ0) is 13.7. The molecule has 1 unspecified atom stereocenters. The van der Waals surface area contributed by atoms with Crippen LogP contribution in [0.3, 0.4) is 0 Å². The fourth-order valence-electron chi connectivity index (χ4n) is 2.21. The van der Waals surface area contributed by atoms with Gasteiger partial charge in [-0.15, -0.1) is 0 Å². The van der Waals surface area contributed by atoms with Crippen LogP contribution in [0.15, 0.2) is 18.2 Å². The maximum atomic E-state index is 11.0. The second-order valence-electron chi connectivity index (χ2n) is 4.62. The van der Waals surface area contributed by atoms with Crippen LogP contribution in [-0.2, 0) is 0 Å². The van der Waals surface area contributed by atoms with Crippen molar-refractivity contribution < 1.29 is 9.90 Å². The van der Waals surface area contributed by atoms with E-state index >= 15 is 0 Å². The molecule has 1 rings (SSSR count). The van der Waals surface area contributed by atoms with Gasteiger partial charge in [0.05, 0.1) is 5.56 Å². The summed E-state index contributed by atoms with van der Waals surface area (Å²) < 4.78 is 0. The average molecular weight is 250 g/mol. The molecule has 0 heterocycles. The molecule has 0 bridgehead atoms. The summed E-state index contributed by atoms with van der Waals surface area (Å²) >= 11 is 0. The number of nitrogen functional groups attached to an aromatic ring is 1. The normalized spacial score (nSPS) is 12.4. The van der Waals surface area contributed by atoms with Crippen LogP contribution in [0.4, 0.5) is 11.4 Å². The van der Waals surface area contributed by atoms with Crippen molar-refractivity contribution in [2.45, 2.75) is 39.7 Å². The van der Waals surface area contributed by atoms with Crippen molar-refractivity contribution in [1.29, 1.82) is 0 Å². The highest BCUT2D eigenvalue weighted by Gasteiger charge is 2.14. The number of carbonyl (C=O) groups is 1. The van der Waals surface area contributed by atoms with Crippen LogP contribution >= 0.6 is 0 Å². The number of hydrogen-bond acceptors (Lipinski definition) is 3. The van der Waals surface area contributed by atoms with Gasteiger partial charge >= 0.3 is 5.97 Å². The van der Waals surface area contributed by atoms with E-state index in [1.165, 1.54) is 0 Å². The van der Waals surface area contributed by atoms with Crippen molar-refractivity contribution in [2.75, 3.05) is 11.1 Å². The lowest BCUT2D eigenvalue weighted by molar-refractivity contribution is 0.0698. The molecule has 0 aliphatic rings. The van der Waals surface area contributed by atoms with Gasteiger partial charge in [0.1, 0.15) is 0 Å². The molecule has 1 aromatic rings. The minimum Gasteiger partial charge on any atom is -0.478 e. The maximum Gasteiger partial charge on any atom is 0.337 e. The number of nitrogens with two attached hydrogens (primary N) is 1. The van der Waals surface area contributed by atoms with Gasteiger partial charge in [-0.05, 0) is 31.0 Å². The first-order valence-electron chi connectivity index (χ1n) is 6.38. The Bertz CT molecular complexity index is 414. The molecule has 4 nitrogen and oxygen atoms in total. The third kappa shape index (κ3) is 3.39. The van der Waals surface area contributed by atoms with Gasteiger partial charge in [0.2, 0.25) is 0 Å². The number of aromatic carboxylic acids is 1. The number of benzene rings is 1. The Labute approximate surface area is 108 Å². The highest BCUT2D eigenvalue weighted by molar-refractivity contribution is 5.94. The second kappa shape index (κ2) is 6.28. The monoisotopic (exact) mass is 250 g/mol. The summed E-state index contributed by atoms with van der Waals surface area (Å²) in [5, 5.41) is 12.4. The van der Waals surface area contributed by atoms with Gasteiger partial charge in [-0.2, -0.15) is 0 Å². The molecular formula is C14H22N2O2. The maximum absolute atomic E-state index is 11.0. The van der Waals surface area contributed by atoms with E-state index in [2.05, 4.69) is 26.1 Å². The number of rotatable bonds is 6. The van der Waals surface area contributed by atoms with Crippen molar-refractivity contribution in [3.05, 3.63) is 23.8 Å². The van der Waals surface area contributed by atoms with E-state index in [9.17, 15) is 4.79 Å². The van der Waals surface area contributed by atoms with E-state index in [4.69, 9.17) is 10.8 Å². The second-order valence-corrected chi connectivity index (χ2v) is 4.62. The highest BCUT2D eigenvalue weighted by atomic mass is 16.4. The first kappa shape index (κ1) is 14.4. The van der Waals surface area contributed by atoms with Crippen molar-refractivity contribution in [2.24, 2.45) is 5.92 Å². The number of nitrogens with one attached hydrogen (secondary N) is 1. The third-order valence-electron chi connectivity index (χ3n) is 3.43. The summed E-state index contributed by atoms with van der Waals surface area (Å²) in [6, 6.07) is 5.35. The van der Waals surface area contributed by atoms with E-state index in [0.717, 1.165) is 18.5 Å². The topological polar surface area (TPSA) is 75.3 Å². The molecular weight excluding hydrogens is 228 g/mol. The van der Waals surface area contributed by atoms with Crippen LogP contribution in [0, 0.1) is 5.92 Å². The molecule has 0 amide bonds. The molecule has 100 valence electrons. The molecule has 0 saturated carbocycles. The van der Waals surface area contributed by atoms with Crippen molar-refractivity contribution >= 4 is 17.3 Å². The van der Waals surface area contributed by atoms with Gasteiger partial charge in [0, 0.05) is 17.4 Å². The fourth-order valence-corrected chi connectivity index (χ4v) is 2.21. The van der Waals surface area contributed by atoms with Crippen LogP contribution < -0.4 is 11.1 Å². The lowest BCUT2D eigenvalue weighted by atomic mass is 9.95. The lowest BCUT2D eigenvalue weighted by Crippen LogP contribution is -2.25. The summed E-state index contributed by atoms with van der Waals surface area (Å²) in [5.74, 6) is -0.415. The Morgan fingerprint density at radius 1 is 1.39 bits per heavy atom. The predicted octanol–water partition coefficient (Wildman–Crippen LogP) is 3.20. The molecule has 4 N–H and O–H groups in total. The standard InChI is InChI=1S/C14H22N2O2/c1-4-10(5-2)9(3)16-11-6-7-13(15)12(8-11)14(17)18/h6-10,16H,4-5,15H2,1-3H3,(H,17,18). The molecule has 0 aromatic heterocycles. The van der Waals surface area contributed by atoms with Gasteiger partial charge in [-0.25, -0.2) is 4.79 Å². The smallest absolute Gasteiger partial charge is 0.337 e. The number of carboxylic acid groups (broad SMARTS) is 1. The SMILES string of the molecule is CCC(CC)C(C)Nc1ccc(N)c(C(=O)O)c1. The summed E-state index contributed by atoms with van der Waals surface area (Å²) in [4.78, 5) is 11.0. The van der Waals surface area contributed by atoms with Crippen LogP contribution in [-0.4, -0.2) is 17.1 Å². The number of anilines is 2. The third-order valence-corrected chi connectivity index (χ3v) is 3.43. The fraction of sp³-hybridized carbons (Fsp3) is 0.500. The summed E-state index contributed by atoms with van der Waals surface area (Å²) in [6.07, 6.45) is 2.21. The van der Waals surface area contributed by atoms with Crippen molar-refractivity contribution in [3.8, 4) is 0 Å². The molecule has 0 saturated heterocycles. The molecule has 0 fully saturated rings. The minimum atomic E-state index is -0.994. The largest absolute Gasteiger partial charge is 0.478 e. The Morgan fingerprint density at radius 3 is 2.50 bits per heavy atom. The molecule has 0 radical (unpaired) electrons. The first-order valence-corrected chi connectivity index (χ1v) is 6.38. The molecule has 18 heavy (non-hydrogen) atoms. The van der Waals surface area contributed by atoms with Gasteiger partial charge in [0.25, 0.3) is 0 Å². The summed E-state index contributed by atoms with van der Waals surface area (Å²) in [7, 11) is 0. The number of carboxylic acids is 1. The molecule has 0 spiro atoms. The minimum absolute atomic E-state index is 0.150. The summed E-state index contributed by atoms with van der Waals surface area (Å²) in [5.41, 5.74) is 6.88. The summed E-state index contributed by atoms with van der Waals surface area (Å²) in [6.45, 7) is 6.45. The lowest BCUT2D eigenvalue weighted by Gasteiger charge is -2.23. The van der Waals surface area contributed by atoms with Crippen LogP contribution in [0.2, 0.25) is 0 Å². The Hall–Kier alpha value is -1.71. The Balaban J connectivity index is 2.85. The quantitative estimate of drug-likeness (QED) is 0.678. The van der Waals surface area contributed by atoms with Crippen LogP contribution in [0.1, 0.15) is 44.0 Å². The zero-order valence-electron chi connectivity index (χ0n) is 11.2. The van der Waals surface area contributed by atoms with Crippen LogP contribution in [0.25, 0.3) is 0 Å². The zero-order valence-corrected chi connectivity index (χ0v) is 11.2. The van der Waals surface area contributed by atoms with E-state index in [1.54, 1.807) is 12.1 Å². The number of hydrogen-bond donors (Lipinski definition) is 3. The Morgan fingerprint density at radius 2 is 2.00 bits per heavy atom. The molecule has 4 heteroatoms. The molecule has 0 aliphatic heterocycles. The van der Waals surface area contributed by atoms with E-state index in [1.807, 2.05) is 6.07 Å². The average Bonchev–Trinajstić information content (AvgIpc) is 2.32. The van der Waals surface area contributed by atoms with Crippen molar-refractivity contribution in [1.82, 2.24) is 0 Å². The van der Waals surface area contributed by atoms with E-state index in [0.29, 0.717) is 17.6 Å². The molecule has 1 atom stereocenters. The molecule has 1 aromatic carbocycles.